The molecule has 0 heterocycles. The van der Waals surface area contributed by atoms with Gasteiger partial charge in [0.05, 0.1) is 26.4 Å². The maximum Gasteiger partial charge on any atom is 0.472 e. The highest BCUT2D eigenvalue weighted by atomic mass is 31.2. The highest BCUT2D eigenvalue weighted by molar-refractivity contribution is 7.47. The molecule has 0 bridgehead atoms. The number of aliphatic hydroxyl groups is 1. The molecule has 6 atom stereocenters. The van der Waals surface area contributed by atoms with Crippen LogP contribution in [0.2, 0.25) is 0 Å². The van der Waals surface area contributed by atoms with E-state index < -0.39 is 97.5 Å². The summed E-state index contributed by atoms with van der Waals surface area (Å²) in [6.07, 6.45) is 59.7. The van der Waals surface area contributed by atoms with Gasteiger partial charge in [-0.25, -0.2) is 9.13 Å². The van der Waals surface area contributed by atoms with Crippen LogP contribution in [-0.2, 0) is 65.4 Å². The molecule has 0 saturated heterocycles. The second-order valence-electron chi connectivity index (χ2n) is 29.2. The van der Waals surface area contributed by atoms with Gasteiger partial charge in [-0.05, 0) is 37.5 Å². The van der Waals surface area contributed by atoms with Gasteiger partial charge in [0, 0.05) is 25.7 Å². The van der Waals surface area contributed by atoms with Crippen LogP contribution in [0.4, 0.5) is 0 Å². The van der Waals surface area contributed by atoms with Crippen molar-refractivity contribution in [1.82, 2.24) is 0 Å². The van der Waals surface area contributed by atoms with Crippen LogP contribution in [0.15, 0.2) is 0 Å². The first-order valence-corrected chi connectivity index (χ1v) is 44.0. The zero-order valence-corrected chi connectivity index (χ0v) is 65.9. The van der Waals surface area contributed by atoms with Crippen molar-refractivity contribution in [2.75, 3.05) is 39.6 Å². The van der Waals surface area contributed by atoms with Gasteiger partial charge in [-0.1, -0.05) is 363 Å². The lowest BCUT2D eigenvalue weighted by Gasteiger charge is -2.21. The summed E-state index contributed by atoms with van der Waals surface area (Å²) < 4.78 is 68.6. The van der Waals surface area contributed by atoms with Crippen LogP contribution in [0.25, 0.3) is 0 Å². The van der Waals surface area contributed by atoms with Crippen LogP contribution in [0.1, 0.15) is 414 Å². The number of unbranched alkanes of at least 4 members (excludes halogenated alkanes) is 47. The molecule has 17 nitrogen and oxygen atoms in total. The molecule has 0 rings (SSSR count). The van der Waals surface area contributed by atoms with Gasteiger partial charge in [-0.15, -0.1) is 0 Å². The molecule has 0 aromatic carbocycles. The quantitative estimate of drug-likeness (QED) is 0.0222. The predicted octanol–water partition coefficient (Wildman–Crippen LogP) is 23.5. The van der Waals surface area contributed by atoms with E-state index in [0.717, 1.165) is 108 Å². The van der Waals surface area contributed by atoms with E-state index in [0.29, 0.717) is 25.7 Å². The Morgan fingerprint density at radius 2 is 0.520 bits per heavy atom. The standard InChI is InChI=1S/C79H154O17P2/c1-7-10-12-14-16-18-20-22-23-24-25-28-31-35-38-42-49-55-61-76(81)89-67-74(95-79(84)64-58-52-44-40-36-32-29-26-27-30-33-37-41-47-53-59-71(4)5)69-93-97(85,86)91-65-73(80)66-92-98(87,88)94-70-75(68-90-77(82)62-56-50-46-45-48-54-60-72(6)9-3)96-78(83)63-57-51-43-39-34-21-19-17-15-13-11-8-2/h71-75,80H,7-70H2,1-6H3,(H,85,86)(H,87,88)/t72?,73-,74-,75-/m1/s1. The SMILES string of the molecule is CCCCCCCCCCCCCCCCCCCCC(=O)OC[C@H](COP(=O)(O)OC[C@@H](O)COP(=O)(O)OC[C@@H](COC(=O)CCCCCCCCC(C)CC)OC(=O)CCCCCCCCCCCCCC)OC(=O)CCCCCCCCCCCCCCCCCC(C)C. The van der Waals surface area contributed by atoms with Gasteiger partial charge >= 0.3 is 39.5 Å². The van der Waals surface area contributed by atoms with E-state index in [9.17, 15) is 43.2 Å². The molecule has 0 aliphatic heterocycles. The van der Waals surface area contributed by atoms with Gasteiger partial charge in [-0.3, -0.25) is 37.3 Å². The summed E-state index contributed by atoms with van der Waals surface area (Å²) in [6.45, 7) is 9.61. The maximum atomic E-state index is 13.1. The zero-order chi connectivity index (χ0) is 72.1. The van der Waals surface area contributed by atoms with E-state index in [1.165, 1.54) is 225 Å². The smallest absolute Gasteiger partial charge is 0.462 e. The van der Waals surface area contributed by atoms with Crippen molar-refractivity contribution in [2.45, 2.75) is 432 Å². The van der Waals surface area contributed by atoms with Crippen LogP contribution < -0.4 is 0 Å². The minimum atomic E-state index is -4.96. The fourth-order valence-corrected chi connectivity index (χ4v) is 13.7. The molecular weight excluding hydrogens is 1280 g/mol. The fourth-order valence-electron chi connectivity index (χ4n) is 12.2. The van der Waals surface area contributed by atoms with Crippen LogP contribution >= 0.6 is 15.6 Å². The van der Waals surface area contributed by atoms with Crippen molar-refractivity contribution in [1.29, 1.82) is 0 Å². The second-order valence-corrected chi connectivity index (χ2v) is 32.1. The monoisotopic (exact) mass is 1440 g/mol. The lowest BCUT2D eigenvalue weighted by atomic mass is 10.00. The summed E-state index contributed by atoms with van der Waals surface area (Å²) in [5.41, 5.74) is 0. The van der Waals surface area contributed by atoms with E-state index >= 15 is 0 Å². The number of hydrogen-bond donors (Lipinski definition) is 3. The predicted molar refractivity (Wildman–Crippen MR) is 400 cm³/mol. The molecule has 19 heteroatoms. The van der Waals surface area contributed by atoms with Crippen molar-refractivity contribution < 1.29 is 80.2 Å². The Kier molecular flexibility index (Phi) is 69.3. The van der Waals surface area contributed by atoms with Crippen molar-refractivity contribution in [3.8, 4) is 0 Å². The first-order chi connectivity index (χ1) is 47.4. The molecule has 3 N–H and O–H groups in total. The van der Waals surface area contributed by atoms with Gasteiger partial charge in [0.2, 0.25) is 0 Å². The number of ether oxygens (including phenoxy) is 4. The average Bonchev–Trinajstić information content (AvgIpc) is 0.940. The molecule has 0 radical (unpaired) electrons. The third kappa shape index (κ3) is 71.1. The normalized spacial score (nSPS) is 14.2. The van der Waals surface area contributed by atoms with Gasteiger partial charge in [-0.2, -0.15) is 0 Å². The lowest BCUT2D eigenvalue weighted by Crippen LogP contribution is -2.30. The highest BCUT2D eigenvalue weighted by Crippen LogP contribution is 2.45. The summed E-state index contributed by atoms with van der Waals surface area (Å²) in [4.78, 5) is 72.9. The van der Waals surface area contributed by atoms with Crippen LogP contribution in [-0.4, -0.2) is 96.7 Å². The van der Waals surface area contributed by atoms with Gasteiger partial charge in [0.15, 0.2) is 12.2 Å². The minimum absolute atomic E-state index is 0.107. The molecule has 0 aromatic rings. The first-order valence-electron chi connectivity index (χ1n) is 41.0. The number of hydrogen-bond acceptors (Lipinski definition) is 15. The number of phosphoric acid groups is 2. The topological polar surface area (TPSA) is 237 Å². The largest absolute Gasteiger partial charge is 0.472 e. The zero-order valence-electron chi connectivity index (χ0n) is 64.1. The molecule has 0 fully saturated rings. The second kappa shape index (κ2) is 70.7. The highest BCUT2D eigenvalue weighted by Gasteiger charge is 2.30. The average molecular weight is 1440 g/mol. The number of rotatable bonds is 78. The van der Waals surface area contributed by atoms with Gasteiger partial charge in [0.1, 0.15) is 19.3 Å². The number of phosphoric ester groups is 2. The Hall–Kier alpha value is -1.94. The van der Waals surface area contributed by atoms with Crippen molar-refractivity contribution in [2.24, 2.45) is 11.8 Å². The molecular formula is C79H154O17P2. The third-order valence-electron chi connectivity index (χ3n) is 18.8. The summed E-state index contributed by atoms with van der Waals surface area (Å²) in [6, 6.07) is 0. The molecule has 0 saturated carbocycles. The Morgan fingerprint density at radius 1 is 0.296 bits per heavy atom. The summed E-state index contributed by atoms with van der Waals surface area (Å²) in [7, 11) is -9.92. The summed E-state index contributed by atoms with van der Waals surface area (Å²) >= 11 is 0. The molecule has 0 aliphatic rings. The van der Waals surface area contributed by atoms with Crippen LogP contribution in [0, 0.1) is 11.8 Å². The first kappa shape index (κ1) is 96.1. The Balaban J connectivity index is 5.23. The van der Waals surface area contributed by atoms with E-state index in [1.807, 2.05) is 0 Å². The maximum absolute atomic E-state index is 13.1. The molecule has 0 aliphatic carbocycles. The van der Waals surface area contributed by atoms with Crippen molar-refractivity contribution >= 4 is 39.5 Å². The number of aliphatic hydroxyl groups excluding tert-OH is 1. The van der Waals surface area contributed by atoms with Crippen LogP contribution in [0.3, 0.4) is 0 Å². The van der Waals surface area contributed by atoms with Gasteiger partial charge in [0.25, 0.3) is 0 Å². The number of esters is 4. The Morgan fingerprint density at radius 3 is 0.776 bits per heavy atom. The Bertz CT molecular complexity index is 1890. The van der Waals surface area contributed by atoms with Gasteiger partial charge < -0.3 is 33.8 Å². The molecule has 98 heavy (non-hydrogen) atoms. The summed E-state index contributed by atoms with van der Waals surface area (Å²) in [5, 5.41) is 10.6. The molecule has 3 unspecified atom stereocenters. The molecule has 582 valence electrons. The lowest BCUT2D eigenvalue weighted by molar-refractivity contribution is -0.161. The number of carbonyl (C=O) groups excluding carboxylic acids is 4. The third-order valence-corrected chi connectivity index (χ3v) is 20.7. The van der Waals surface area contributed by atoms with E-state index in [-0.39, 0.29) is 25.7 Å². The van der Waals surface area contributed by atoms with E-state index in [2.05, 4.69) is 41.5 Å². The van der Waals surface area contributed by atoms with Crippen molar-refractivity contribution in [3.63, 3.8) is 0 Å². The fraction of sp³-hybridized carbons (Fsp3) is 0.949. The van der Waals surface area contributed by atoms with Crippen molar-refractivity contribution in [3.05, 3.63) is 0 Å². The molecule has 0 spiro atoms. The number of carbonyl (C=O) groups is 4. The van der Waals surface area contributed by atoms with E-state index in [4.69, 9.17) is 37.0 Å². The molecule has 0 amide bonds. The minimum Gasteiger partial charge on any atom is -0.462 e. The Labute approximate surface area is 600 Å². The summed E-state index contributed by atoms with van der Waals surface area (Å²) in [5.74, 6) is -0.578. The molecule has 0 aromatic heterocycles. The van der Waals surface area contributed by atoms with Crippen LogP contribution in [0.5, 0.6) is 0 Å². The van der Waals surface area contributed by atoms with E-state index in [1.54, 1.807) is 0 Å².